The topological polar surface area (TPSA) is 157 Å². The van der Waals surface area contributed by atoms with Crippen LogP contribution >= 0.6 is 0 Å². The fourth-order valence-electron chi connectivity index (χ4n) is 14.6. The van der Waals surface area contributed by atoms with Crippen LogP contribution in [-0.4, -0.2) is 99.7 Å². The van der Waals surface area contributed by atoms with Crippen LogP contribution < -0.4 is 0 Å². The van der Waals surface area contributed by atoms with E-state index in [1.807, 2.05) is 6.92 Å². The van der Waals surface area contributed by atoms with Crippen molar-refractivity contribution in [2.75, 3.05) is 6.61 Å². The number of epoxide rings is 1. The van der Waals surface area contributed by atoms with Gasteiger partial charge in [0.15, 0.2) is 12.6 Å². The lowest BCUT2D eigenvalue weighted by atomic mass is 9.41. The van der Waals surface area contributed by atoms with Gasteiger partial charge in [0.25, 0.3) is 0 Å². The first-order valence-electron chi connectivity index (χ1n) is 18.6. The summed E-state index contributed by atoms with van der Waals surface area (Å²) in [6, 6.07) is 0. The molecule has 0 aromatic carbocycles. The van der Waals surface area contributed by atoms with Crippen LogP contribution in [0.4, 0.5) is 0 Å². The molecule has 0 aromatic heterocycles. The van der Waals surface area contributed by atoms with E-state index in [-0.39, 0.29) is 75.9 Å². The fourth-order valence-corrected chi connectivity index (χ4v) is 14.6. The summed E-state index contributed by atoms with van der Waals surface area (Å²) >= 11 is 0. The molecule has 5 saturated carbocycles. The summed E-state index contributed by atoms with van der Waals surface area (Å²) in [5.74, 6) is 0.0295. The molecule has 0 radical (unpaired) electrons. The Labute approximate surface area is 283 Å². The summed E-state index contributed by atoms with van der Waals surface area (Å²) < 4.78 is 37.9. The van der Waals surface area contributed by atoms with Crippen molar-refractivity contribution < 1.29 is 53.6 Å². The molecular formula is C37H56O11. The normalized spacial score (nSPS) is 63.3. The number of ether oxygens (including phenoxy) is 6. The van der Waals surface area contributed by atoms with Gasteiger partial charge in [-0.3, -0.25) is 4.79 Å². The van der Waals surface area contributed by atoms with Crippen molar-refractivity contribution in [2.45, 2.75) is 167 Å². The molecule has 9 aliphatic rings. The van der Waals surface area contributed by atoms with Gasteiger partial charge in [0.05, 0.1) is 18.8 Å². The molecule has 0 bridgehead atoms. The lowest BCUT2D eigenvalue weighted by Crippen LogP contribution is -2.64. The van der Waals surface area contributed by atoms with Crippen molar-refractivity contribution in [1.82, 2.24) is 0 Å². The third-order valence-corrected chi connectivity index (χ3v) is 16.8. The van der Waals surface area contributed by atoms with Crippen LogP contribution in [0, 0.1) is 50.7 Å². The summed E-state index contributed by atoms with van der Waals surface area (Å²) in [4.78, 5) is 12.9. The monoisotopic (exact) mass is 676 g/mol. The molecular weight excluding hydrogens is 620 g/mol. The van der Waals surface area contributed by atoms with E-state index in [0.717, 1.165) is 44.9 Å². The van der Waals surface area contributed by atoms with Crippen molar-refractivity contribution in [3.05, 3.63) is 0 Å². The third kappa shape index (κ3) is 3.74. The smallest absolute Gasteiger partial charge is 0.302 e. The number of aliphatic hydroxyl groups is 4. The highest BCUT2D eigenvalue weighted by Crippen LogP contribution is 2.89. The predicted octanol–water partition coefficient (Wildman–Crippen LogP) is 3.03. The minimum atomic E-state index is -1.31. The number of aliphatic hydroxyl groups excluding tert-OH is 4. The van der Waals surface area contributed by atoms with Crippen LogP contribution in [0.2, 0.25) is 0 Å². The van der Waals surface area contributed by atoms with Gasteiger partial charge in [0.1, 0.15) is 36.1 Å². The molecule has 9 fully saturated rings. The Morgan fingerprint density at radius 1 is 0.833 bits per heavy atom. The first-order chi connectivity index (χ1) is 22.4. The fraction of sp³-hybridized carbons (Fsp3) is 0.973. The SMILES string of the molecule is CC(=O)O[C@@H]1C[C@@]23C[C@@]24CC[C@H](O[C@@H]2OC[C@@H](O)[C@H](O)[C@H]2O)C(C)(C)C4CC[C@H]3[C@]2(C)C[C@@H]3O[C@]4(C[C@@H](C)[C@@H]3C12C)O[C@H](O)[C@@]1(C)O[C@@H]41. The molecule has 4 N–H and O–H groups in total. The molecule has 2 unspecified atom stereocenters. The molecule has 4 aliphatic heterocycles. The highest BCUT2D eigenvalue weighted by atomic mass is 16.8. The molecule has 270 valence electrons. The van der Waals surface area contributed by atoms with Gasteiger partial charge >= 0.3 is 5.97 Å². The second-order valence-corrected chi connectivity index (χ2v) is 18.9. The van der Waals surface area contributed by atoms with Gasteiger partial charge in [-0.1, -0.05) is 34.6 Å². The highest BCUT2D eigenvalue weighted by molar-refractivity contribution is 5.66. The minimum absolute atomic E-state index is 0.0420. The average molecular weight is 677 g/mol. The van der Waals surface area contributed by atoms with Crippen molar-refractivity contribution in [1.29, 1.82) is 0 Å². The molecule has 11 nitrogen and oxygen atoms in total. The van der Waals surface area contributed by atoms with Crippen molar-refractivity contribution in [3.63, 3.8) is 0 Å². The van der Waals surface area contributed by atoms with Gasteiger partial charge in [-0.25, -0.2) is 0 Å². The highest BCUT2D eigenvalue weighted by Gasteiger charge is 2.87. The number of esters is 1. The van der Waals surface area contributed by atoms with Crippen LogP contribution in [0.25, 0.3) is 0 Å². The van der Waals surface area contributed by atoms with Gasteiger partial charge in [-0.05, 0) is 97.2 Å². The first kappa shape index (κ1) is 33.0. The molecule has 4 saturated heterocycles. The summed E-state index contributed by atoms with van der Waals surface area (Å²) in [6.45, 7) is 15.1. The summed E-state index contributed by atoms with van der Waals surface area (Å²) in [6.07, 6.45) is 0.880. The Morgan fingerprint density at radius 2 is 1.56 bits per heavy atom. The summed E-state index contributed by atoms with van der Waals surface area (Å²) in [5.41, 5.74) is -1.23. The van der Waals surface area contributed by atoms with Crippen LogP contribution in [0.5, 0.6) is 0 Å². The second kappa shape index (κ2) is 9.75. The van der Waals surface area contributed by atoms with E-state index in [9.17, 15) is 25.2 Å². The van der Waals surface area contributed by atoms with Crippen molar-refractivity contribution in [2.24, 2.45) is 50.7 Å². The van der Waals surface area contributed by atoms with Gasteiger partial charge in [-0.2, -0.15) is 0 Å². The predicted molar refractivity (Wildman–Crippen MR) is 168 cm³/mol. The average Bonchev–Trinajstić information content (AvgIpc) is 3.84. The molecule has 0 aromatic rings. The third-order valence-electron chi connectivity index (χ3n) is 16.8. The van der Waals surface area contributed by atoms with E-state index in [1.54, 1.807) is 6.92 Å². The molecule has 4 heterocycles. The van der Waals surface area contributed by atoms with E-state index in [2.05, 4.69) is 34.6 Å². The quantitative estimate of drug-likeness (QED) is 0.198. The van der Waals surface area contributed by atoms with Crippen LogP contribution in [0.1, 0.15) is 99.8 Å². The van der Waals surface area contributed by atoms with Crippen LogP contribution in [0.15, 0.2) is 0 Å². The Balaban J connectivity index is 1.03. The lowest BCUT2D eigenvalue weighted by Gasteiger charge is -2.65. The summed E-state index contributed by atoms with van der Waals surface area (Å²) in [5, 5.41) is 41.7. The molecule has 5 aliphatic carbocycles. The van der Waals surface area contributed by atoms with Crippen molar-refractivity contribution >= 4 is 5.97 Å². The molecule has 0 amide bonds. The zero-order valence-corrected chi connectivity index (χ0v) is 29.5. The molecule has 19 atom stereocenters. The minimum Gasteiger partial charge on any atom is -0.462 e. The molecule has 48 heavy (non-hydrogen) atoms. The Morgan fingerprint density at radius 3 is 2.23 bits per heavy atom. The maximum Gasteiger partial charge on any atom is 0.302 e. The van der Waals surface area contributed by atoms with E-state index in [4.69, 9.17) is 28.4 Å². The zero-order valence-electron chi connectivity index (χ0n) is 29.5. The molecule has 3 spiro atoms. The number of rotatable bonds is 3. The lowest BCUT2D eigenvalue weighted by molar-refractivity contribution is -0.346. The maximum atomic E-state index is 12.9. The van der Waals surface area contributed by atoms with Crippen LogP contribution in [0.3, 0.4) is 0 Å². The Kier molecular flexibility index (Phi) is 6.70. The zero-order chi connectivity index (χ0) is 34.2. The van der Waals surface area contributed by atoms with E-state index in [1.165, 1.54) is 0 Å². The van der Waals surface area contributed by atoms with Gasteiger partial charge < -0.3 is 48.8 Å². The standard InChI is InChI=1S/C37H56O11/c1-17-12-37(29-34(7,47-29)30(42)48-37)46-20-13-32(5)22-9-8-21-31(3,4)23(45-28-27(41)26(40)19(39)15-43-28)10-11-35(21)16-36(22,35)14-24(44-18(2)38)33(32,6)25(17)20/h17,19-30,39-42H,8-16H2,1-7H3/t17-,19-,20+,21?,22+,23+,24-,25+,26+,27-,28+,29-,30+,32+,33?,34+,35-,36+,37-/m1/s1. The number of carbonyl (C=O) groups is 1. The van der Waals surface area contributed by atoms with Gasteiger partial charge in [0.2, 0.25) is 5.79 Å². The number of hydrogen-bond donors (Lipinski definition) is 4. The first-order valence-corrected chi connectivity index (χ1v) is 18.6. The maximum absolute atomic E-state index is 12.9. The number of hydrogen-bond acceptors (Lipinski definition) is 11. The Hall–Kier alpha value is -0.890. The molecule has 9 rings (SSSR count). The van der Waals surface area contributed by atoms with E-state index in [0.29, 0.717) is 18.3 Å². The number of carbonyl (C=O) groups excluding carboxylic acids is 1. The summed E-state index contributed by atoms with van der Waals surface area (Å²) in [7, 11) is 0. The Bertz CT molecular complexity index is 1390. The second-order valence-electron chi connectivity index (χ2n) is 18.9. The molecule has 11 heteroatoms. The van der Waals surface area contributed by atoms with Gasteiger partial charge in [0, 0.05) is 18.8 Å². The number of fused-ring (bicyclic) bond motifs is 6. The largest absolute Gasteiger partial charge is 0.462 e. The van der Waals surface area contributed by atoms with E-state index >= 15 is 0 Å². The van der Waals surface area contributed by atoms with E-state index < -0.39 is 42.3 Å². The van der Waals surface area contributed by atoms with Crippen molar-refractivity contribution in [3.8, 4) is 0 Å². The van der Waals surface area contributed by atoms with Gasteiger partial charge in [-0.15, -0.1) is 0 Å². The van der Waals surface area contributed by atoms with Crippen LogP contribution in [-0.2, 0) is 33.2 Å².